The number of hydrogen-bond donors (Lipinski definition) is 2. The van der Waals surface area contributed by atoms with Crippen molar-refractivity contribution in [3.63, 3.8) is 0 Å². The summed E-state index contributed by atoms with van der Waals surface area (Å²) in [4.78, 5) is 43.6. The summed E-state index contributed by atoms with van der Waals surface area (Å²) >= 11 is 12.4. The van der Waals surface area contributed by atoms with Gasteiger partial charge >= 0.3 is 0 Å². The molecule has 7 nitrogen and oxygen atoms in total. The van der Waals surface area contributed by atoms with Crippen LogP contribution in [0.2, 0.25) is 5.02 Å². The number of nitrogens with zero attached hydrogens (tertiary/aromatic N) is 2. The lowest BCUT2D eigenvalue weighted by Crippen LogP contribution is -3.13. The van der Waals surface area contributed by atoms with Crippen molar-refractivity contribution >= 4 is 52.3 Å². The van der Waals surface area contributed by atoms with Crippen LogP contribution < -0.4 is 15.1 Å². The number of amides is 3. The Morgan fingerprint density at radius 3 is 2.39 bits per heavy atom. The molecule has 2 aliphatic rings. The molecule has 3 aromatic rings. The summed E-state index contributed by atoms with van der Waals surface area (Å²) in [5.41, 5.74) is 3.32. The molecule has 1 fully saturated rings. The molecule has 0 saturated carbocycles. The topological polar surface area (TPSA) is 74.2 Å². The SMILES string of the molecule is Cc1ccc(Cl)cc1N1C(=O)C(Cl)=C(Nc2cccc(C(=O)N3CC[NH+](Cc4ccccc4)CC3)c2)C1=O. The lowest BCUT2D eigenvalue weighted by molar-refractivity contribution is -0.917. The van der Waals surface area contributed by atoms with E-state index < -0.39 is 11.8 Å². The van der Waals surface area contributed by atoms with Crippen LogP contribution in [0, 0.1) is 6.92 Å². The summed E-state index contributed by atoms with van der Waals surface area (Å²) in [6.07, 6.45) is 0. The van der Waals surface area contributed by atoms with Crippen molar-refractivity contribution in [2.24, 2.45) is 0 Å². The van der Waals surface area contributed by atoms with Crippen LogP contribution in [0.3, 0.4) is 0 Å². The van der Waals surface area contributed by atoms with E-state index in [2.05, 4.69) is 17.4 Å². The van der Waals surface area contributed by atoms with Gasteiger partial charge in [-0.25, -0.2) is 4.90 Å². The van der Waals surface area contributed by atoms with Gasteiger partial charge in [-0.1, -0.05) is 65.7 Å². The third kappa shape index (κ3) is 5.31. The zero-order chi connectivity index (χ0) is 26.8. The molecule has 0 atom stereocenters. The lowest BCUT2D eigenvalue weighted by Gasteiger charge is -2.32. The molecule has 38 heavy (non-hydrogen) atoms. The number of carbonyl (C=O) groups is 3. The highest BCUT2D eigenvalue weighted by molar-refractivity contribution is 6.53. The first-order valence-corrected chi connectivity index (χ1v) is 13.2. The van der Waals surface area contributed by atoms with E-state index in [9.17, 15) is 14.4 Å². The normalized spacial score (nSPS) is 16.4. The summed E-state index contributed by atoms with van der Waals surface area (Å²) in [5, 5.41) is 3.15. The van der Waals surface area contributed by atoms with Gasteiger partial charge in [-0.05, 0) is 42.8 Å². The molecule has 3 aromatic carbocycles. The van der Waals surface area contributed by atoms with Crippen molar-refractivity contribution in [2.45, 2.75) is 13.5 Å². The molecule has 9 heteroatoms. The van der Waals surface area contributed by atoms with Crippen LogP contribution in [0.5, 0.6) is 0 Å². The molecule has 0 aliphatic carbocycles. The molecule has 2 aliphatic heterocycles. The maximum atomic E-state index is 13.3. The number of hydrogen-bond acceptors (Lipinski definition) is 4. The van der Waals surface area contributed by atoms with Gasteiger partial charge in [0, 0.05) is 21.8 Å². The number of halogens is 2. The van der Waals surface area contributed by atoms with E-state index in [1.54, 1.807) is 49.4 Å². The Morgan fingerprint density at radius 2 is 1.66 bits per heavy atom. The summed E-state index contributed by atoms with van der Waals surface area (Å²) in [6, 6.07) is 22.2. The van der Waals surface area contributed by atoms with Gasteiger partial charge in [0.05, 0.1) is 31.9 Å². The number of aryl methyl sites for hydroxylation is 1. The van der Waals surface area contributed by atoms with E-state index in [0.717, 1.165) is 24.5 Å². The monoisotopic (exact) mass is 549 g/mol. The fourth-order valence-corrected chi connectivity index (χ4v) is 5.18. The van der Waals surface area contributed by atoms with E-state index >= 15 is 0 Å². The zero-order valence-electron chi connectivity index (χ0n) is 20.8. The molecule has 1 saturated heterocycles. The van der Waals surface area contributed by atoms with E-state index in [-0.39, 0.29) is 16.6 Å². The van der Waals surface area contributed by atoms with Gasteiger partial charge in [0.25, 0.3) is 17.7 Å². The van der Waals surface area contributed by atoms with Crippen LogP contribution in [-0.2, 0) is 16.1 Å². The van der Waals surface area contributed by atoms with Crippen LogP contribution in [0.15, 0.2) is 83.5 Å². The van der Waals surface area contributed by atoms with Crippen molar-refractivity contribution in [2.75, 3.05) is 36.4 Å². The molecule has 0 bridgehead atoms. The molecule has 0 spiro atoms. The average Bonchev–Trinajstić information content (AvgIpc) is 3.13. The molecule has 0 unspecified atom stereocenters. The van der Waals surface area contributed by atoms with Crippen molar-refractivity contribution < 1.29 is 19.3 Å². The highest BCUT2D eigenvalue weighted by Gasteiger charge is 2.39. The molecule has 3 amide bonds. The Labute approximate surface area is 231 Å². The van der Waals surface area contributed by atoms with Gasteiger partial charge in [-0.3, -0.25) is 14.4 Å². The van der Waals surface area contributed by atoms with Gasteiger partial charge in [0.2, 0.25) is 0 Å². The quantitative estimate of drug-likeness (QED) is 0.460. The highest BCUT2D eigenvalue weighted by atomic mass is 35.5. The predicted octanol–water partition coefficient (Wildman–Crippen LogP) is 3.63. The third-order valence-electron chi connectivity index (χ3n) is 6.87. The Bertz CT molecular complexity index is 1430. The number of rotatable bonds is 6. The Morgan fingerprint density at radius 1 is 0.921 bits per heavy atom. The van der Waals surface area contributed by atoms with Crippen LogP contribution >= 0.6 is 23.2 Å². The van der Waals surface area contributed by atoms with E-state index in [1.807, 2.05) is 23.1 Å². The van der Waals surface area contributed by atoms with Gasteiger partial charge in [0.1, 0.15) is 17.3 Å². The highest BCUT2D eigenvalue weighted by Crippen LogP contribution is 2.33. The summed E-state index contributed by atoms with van der Waals surface area (Å²) in [6.45, 7) is 5.79. The van der Waals surface area contributed by atoms with Crippen molar-refractivity contribution in [3.05, 3.63) is 105 Å². The van der Waals surface area contributed by atoms with Gasteiger partial charge in [-0.15, -0.1) is 0 Å². The van der Waals surface area contributed by atoms with Crippen LogP contribution in [0.1, 0.15) is 21.5 Å². The first kappa shape index (κ1) is 26.0. The number of carbonyl (C=O) groups excluding carboxylic acids is 3. The fraction of sp³-hybridized carbons (Fsp3) is 0.207. The number of quaternary nitrogens is 1. The first-order chi connectivity index (χ1) is 18.3. The summed E-state index contributed by atoms with van der Waals surface area (Å²) in [5.74, 6) is -1.29. The second-order valence-corrected chi connectivity index (χ2v) is 10.3. The summed E-state index contributed by atoms with van der Waals surface area (Å²) in [7, 11) is 0. The minimum atomic E-state index is -0.632. The van der Waals surface area contributed by atoms with E-state index in [4.69, 9.17) is 23.2 Å². The molecular formula is C29H27Cl2N4O3+. The molecule has 0 radical (unpaired) electrons. The van der Waals surface area contributed by atoms with Gasteiger partial charge in [-0.2, -0.15) is 0 Å². The van der Waals surface area contributed by atoms with Crippen LogP contribution in [-0.4, -0.2) is 48.8 Å². The smallest absolute Gasteiger partial charge is 0.283 e. The molecule has 5 rings (SSSR count). The zero-order valence-corrected chi connectivity index (χ0v) is 22.4. The van der Waals surface area contributed by atoms with Gasteiger partial charge < -0.3 is 15.1 Å². The predicted molar refractivity (Wildman–Crippen MR) is 148 cm³/mol. The Balaban J connectivity index is 1.26. The number of piperazine rings is 1. The lowest BCUT2D eigenvalue weighted by atomic mass is 10.1. The Hall–Kier alpha value is -3.65. The molecule has 2 heterocycles. The average molecular weight is 550 g/mol. The third-order valence-corrected chi connectivity index (χ3v) is 7.46. The van der Waals surface area contributed by atoms with Crippen LogP contribution in [0.25, 0.3) is 0 Å². The van der Waals surface area contributed by atoms with Crippen molar-refractivity contribution in [1.29, 1.82) is 0 Å². The standard InChI is InChI=1S/C29H26Cl2N4O3/c1-19-10-11-22(30)17-24(19)35-28(37)25(31)26(29(35)38)32-23-9-5-8-21(16-23)27(36)34-14-12-33(13-15-34)18-20-6-3-2-4-7-20/h2-11,16-17,32H,12-15,18H2,1H3/p+1. The van der Waals surface area contributed by atoms with Gasteiger partial charge in [0.15, 0.2) is 0 Å². The second-order valence-electron chi connectivity index (χ2n) is 9.48. The fourth-order valence-electron chi connectivity index (χ4n) is 4.80. The molecule has 0 aromatic heterocycles. The maximum absolute atomic E-state index is 13.3. The van der Waals surface area contributed by atoms with Crippen molar-refractivity contribution in [1.82, 2.24) is 4.90 Å². The number of benzene rings is 3. The summed E-state index contributed by atoms with van der Waals surface area (Å²) < 4.78 is 0. The molecule has 2 N–H and O–H groups in total. The number of anilines is 2. The van der Waals surface area contributed by atoms with Crippen molar-refractivity contribution in [3.8, 4) is 0 Å². The maximum Gasteiger partial charge on any atom is 0.283 e. The first-order valence-electron chi connectivity index (χ1n) is 12.4. The Kier molecular flexibility index (Phi) is 7.51. The minimum absolute atomic E-state index is 0.0428. The minimum Gasteiger partial charge on any atom is -0.350 e. The van der Waals surface area contributed by atoms with E-state index in [0.29, 0.717) is 40.6 Å². The second kappa shape index (κ2) is 11.0. The largest absolute Gasteiger partial charge is 0.350 e. The number of imide groups is 1. The number of nitrogens with one attached hydrogen (secondary N) is 2. The van der Waals surface area contributed by atoms with E-state index in [1.165, 1.54) is 10.5 Å². The van der Waals surface area contributed by atoms with Crippen LogP contribution in [0.4, 0.5) is 11.4 Å². The molecular weight excluding hydrogens is 523 g/mol. The molecule has 194 valence electrons.